The van der Waals surface area contributed by atoms with Crippen molar-refractivity contribution in [3.05, 3.63) is 91.4 Å². The van der Waals surface area contributed by atoms with E-state index in [1.54, 1.807) is 6.07 Å². The van der Waals surface area contributed by atoms with Crippen molar-refractivity contribution in [3.63, 3.8) is 0 Å². The van der Waals surface area contributed by atoms with Gasteiger partial charge in [-0.25, -0.2) is 0 Å². The molecular formula is C19H12Cl4O5S. The largest absolute Gasteiger partial charge is 0.504 e. The summed E-state index contributed by atoms with van der Waals surface area (Å²) in [4.78, 5) is 0. The summed E-state index contributed by atoms with van der Waals surface area (Å²) in [7, 11) is -5.14. The number of halogens is 4. The molecule has 3 aromatic rings. The number of hydrogen-bond donors (Lipinski definition) is 3. The molecule has 1 unspecified atom stereocenters. The Balaban J connectivity index is 2.68. The van der Waals surface area contributed by atoms with Crippen LogP contribution in [0, 0.1) is 0 Å². The number of phenolic OH excluding ortho intramolecular Hbond substituents is 2. The molecule has 0 heterocycles. The third-order valence-electron chi connectivity index (χ3n) is 4.40. The van der Waals surface area contributed by atoms with E-state index in [2.05, 4.69) is 0 Å². The van der Waals surface area contributed by atoms with Crippen LogP contribution in [0.15, 0.2) is 54.6 Å². The van der Waals surface area contributed by atoms with Gasteiger partial charge in [-0.15, -0.1) is 0 Å². The van der Waals surface area contributed by atoms with Crippen molar-refractivity contribution in [2.24, 2.45) is 0 Å². The fourth-order valence-electron chi connectivity index (χ4n) is 3.22. The summed E-state index contributed by atoms with van der Waals surface area (Å²) in [5, 5.41) is 19.3. The maximum absolute atomic E-state index is 13.0. The van der Waals surface area contributed by atoms with Crippen LogP contribution >= 0.6 is 46.4 Å². The van der Waals surface area contributed by atoms with Gasteiger partial charge in [0.25, 0.3) is 10.1 Å². The summed E-state index contributed by atoms with van der Waals surface area (Å²) < 4.78 is 34.1. The van der Waals surface area contributed by atoms with Crippen LogP contribution in [0.4, 0.5) is 0 Å². The summed E-state index contributed by atoms with van der Waals surface area (Å²) in [6, 6.07) is 11.9. The van der Waals surface area contributed by atoms with Crippen molar-refractivity contribution in [3.8, 4) is 11.5 Å². The molecule has 0 aliphatic heterocycles. The zero-order valence-corrected chi connectivity index (χ0v) is 18.1. The quantitative estimate of drug-likeness (QED) is 0.239. The molecule has 0 aromatic heterocycles. The van der Waals surface area contributed by atoms with E-state index in [-0.39, 0.29) is 36.8 Å². The molecule has 3 aromatic carbocycles. The van der Waals surface area contributed by atoms with Gasteiger partial charge >= 0.3 is 0 Å². The Labute approximate surface area is 186 Å². The molecule has 0 aliphatic rings. The van der Waals surface area contributed by atoms with Crippen LogP contribution in [-0.2, 0) is 14.9 Å². The fourth-order valence-corrected chi connectivity index (χ4v) is 6.09. The van der Waals surface area contributed by atoms with Gasteiger partial charge in [0.15, 0.2) is 16.2 Å². The van der Waals surface area contributed by atoms with Gasteiger partial charge in [-0.3, -0.25) is 4.55 Å². The first kappa shape index (κ1) is 22.0. The molecule has 3 rings (SSSR count). The molecule has 0 bridgehead atoms. The normalized spacial score (nSPS) is 13.8. The Bertz CT molecular complexity index is 1190. The van der Waals surface area contributed by atoms with Crippen molar-refractivity contribution >= 4 is 56.5 Å². The standard InChI is InChI=1S/C19H12Cl4O5S/c20-12-5-2-1-4-10(12)19(29(26,27)28,18-13(21)6-3-7-14(18)22)11-8-16(24)17(25)9-15(11)23/h1-9,24-25H,(H,26,27,28). The van der Waals surface area contributed by atoms with Gasteiger partial charge < -0.3 is 10.2 Å². The second-order valence-corrected chi connectivity index (χ2v) is 9.24. The van der Waals surface area contributed by atoms with E-state index in [1.165, 1.54) is 36.4 Å². The number of benzene rings is 3. The lowest BCUT2D eigenvalue weighted by atomic mass is 9.83. The van der Waals surface area contributed by atoms with Crippen LogP contribution in [0.2, 0.25) is 20.1 Å². The van der Waals surface area contributed by atoms with Crippen molar-refractivity contribution in [1.29, 1.82) is 0 Å². The predicted octanol–water partition coefficient (Wildman–Crippen LogP) is 5.89. The molecule has 3 N–H and O–H groups in total. The lowest BCUT2D eigenvalue weighted by molar-refractivity contribution is 0.402. The molecule has 1 atom stereocenters. The van der Waals surface area contributed by atoms with Gasteiger partial charge in [0.2, 0.25) is 0 Å². The Kier molecular flexibility index (Phi) is 5.98. The highest BCUT2D eigenvalue weighted by Crippen LogP contribution is 2.53. The molecule has 0 amide bonds. The Hall–Kier alpha value is -1.67. The minimum atomic E-state index is -5.14. The third-order valence-corrected chi connectivity index (χ3v) is 7.09. The summed E-state index contributed by atoms with van der Waals surface area (Å²) in [5.74, 6) is -1.26. The fraction of sp³-hybridized carbons (Fsp3) is 0.0526. The highest BCUT2D eigenvalue weighted by atomic mass is 35.5. The minimum absolute atomic E-state index is 0.0373. The highest BCUT2D eigenvalue weighted by Gasteiger charge is 2.53. The van der Waals surface area contributed by atoms with Gasteiger partial charge in [-0.05, 0) is 24.3 Å². The molecule has 0 fully saturated rings. The van der Waals surface area contributed by atoms with Gasteiger partial charge in [-0.2, -0.15) is 8.42 Å². The topological polar surface area (TPSA) is 94.8 Å². The molecular weight excluding hydrogens is 482 g/mol. The van der Waals surface area contributed by atoms with Gasteiger partial charge in [0.05, 0.1) is 5.02 Å². The molecule has 0 saturated carbocycles. The molecule has 152 valence electrons. The molecule has 0 saturated heterocycles. The molecule has 29 heavy (non-hydrogen) atoms. The van der Waals surface area contributed by atoms with E-state index in [0.717, 1.165) is 12.1 Å². The molecule has 0 radical (unpaired) electrons. The van der Waals surface area contributed by atoms with E-state index in [1.807, 2.05) is 0 Å². The van der Waals surface area contributed by atoms with Crippen molar-refractivity contribution in [2.45, 2.75) is 4.75 Å². The number of hydrogen-bond acceptors (Lipinski definition) is 4. The summed E-state index contributed by atoms with van der Waals surface area (Å²) >= 11 is 25.3. The van der Waals surface area contributed by atoms with Crippen LogP contribution < -0.4 is 0 Å². The Morgan fingerprint density at radius 3 is 1.76 bits per heavy atom. The Morgan fingerprint density at radius 2 is 1.21 bits per heavy atom. The average Bonchev–Trinajstić information content (AvgIpc) is 2.62. The van der Waals surface area contributed by atoms with E-state index in [0.29, 0.717) is 0 Å². The zero-order chi connectivity index (χ0) is 21.6. The van der Waals surface area contributed by atoms with E-state index < -0.39 is 26.4 Å². The van der Waals surface area contributed by atoms with Crippen molar-refractivity contribution < 1.29 is 23.2 Å². The number of phenols is 2. The van der Waals surface area contributed by atoms with Crippen molar-refractivity contribution in [2.75, 3.05) is 0 Å². The SMILES string of the molecule is O=S(=O)(O)C(c1ccccc1Cl)(c1cc(O)c(O)cc1Cl)c1c(Cl)cccc1Cl. The third kappa shape index (κ3) is 3.54. The maximum atomic E-state index is 13.0. The van der Waals surface area contributed by atoms with Crippen LogP contribution in [-0.4, -0.2) is 23.2 Å². The smallest absolute Gasteiger partial charge is 0.283 e. The van der Waals surface area contributed by atoms with Gasteiger partial charge in [0, 0.05) is 37.8 Å². The number of aromatic hydroxyl groups is 2. The summed E-state index contributed by atoms with van der Waals surface area (Å²) in [6.45, 7) is 0. The van der Waals surface area contributed by atoms with E-state index >= 15 is 0 Å². The molecule has 5 nitrogen and oxygen atoms in total. The summed E-state index contributed by atoms with van der Waals surface area (Å²) in [6.07, 6.45) is 0. The highest BCUT2D eigenvalue weighted by molar-refractivity contribution is 7.87. The van der Waals surface area contributed by atoms with Crippen LogP contribution in [0.5, 0.6) is 11.5 Å². The first-order chi connectivity index (χ1) is 13.5. The minimum Gasteiger partial charge on any atom is -0.504 e. The number of rotatable bonds is 4. The summed E-state index contributed by atoms with van der Waals surface area (Å²) in [5.41, 5.74) is -0.628. The lowest BCUT2D eigenvalue weighted by Gasteiger charge is -2.35. The van der Waals surface area contributed by atoms with Crippen LogP contribution in [0.1, 0.15) is 16.7 Å². The first-order valence-corrected chi connectivity index (χ1v) is 10.9. The van der Waals surface area contributed by atoms with E-state index in [9.17, 15) is 23.2 Å². The molecule has 10 heteroatoms. The molecule has 0 spiro atoms. The van der Waals surface area contributed by atoms with Crippen LogP contribution in [0.3, 0.4) is 0 Å². The zero-order valence-electron chi connectivity index (χ0n) is 14.3. The second kappa shape index (κ2) is 7.87. The van der Waals surface area contributed by atoms with E-state index in [4.69, 9.17) is 46.4 Å². The second-order valence-electron chi connectivity index (χ2n) is 6.05. The van der Waals surface area contributed by atoms with Gasteiger partial charge in [0.1, 0.15) is 0 Å². The predicted molar refractivity (Wildman–Crippen MR) is 114 cm³/mol. The monoisotopic (exact) mass is 492 g/mol. The first-order valence-electron chi connectivity index (χ1n) is 7.90. The lowest BCUT2D eigenvalue weighted by Crippen LogP contribution is -2.39. The Morgan fingerprint density at radius 1 is 0.690 bits per heavy atom. The van der Waals surface area contributed by atoms with Crippen LogP contribution in [0.25, 0.3) is 0 Å². The molecule has 0 aliphatic carbocycles. The van der Waals surface area contributed by atoms with Crippen molar-refractivity contribution in [1.82, 2.24) is 0 Å². The maximum Gasteiger partial charge on any atom is 0.283 e. The van der Waals surface area contributed by atoms with Gasteiger partial charge in [-0.1, -0.05) is 70.7 Å². The average molecular weight is 494 g/mol.